The zero-order chi connectivity index (χ0) is 41.2. The summed E-state index contributed by atoms with van der Waals surface area (Å²) in [5, 5.41) is 2.67. The molecular weight excluding hydrogens is 731 g/mol. The monoisotopic (exact) mass is 784 g/mol. The number of hydrogen-bond acceptors (Lipinski definition) is 3. The van der Waals surface area contributed by atoms with Crippen LogP contribution in [0, 0.1) is 6.92 Å². The summed E-state index contributed by atoms with van der Waals surface area (Å²) in [5.74, 6) is 0. The molecule has 1 aromatic heterocycles. The summed E-state index contributed by atoms with van der Waals surface area (Å²) in [5.41, 5.74) is 19.3. The van der Waals surface area contributed by atoms with E-state index in [1.807, 2.05) is 11.3 Å². The first kappa shape index (κ1) is 37.7. The van der Waals surface area contributed by atoms with Crippen LogP contribution in [0.15, 0.2) is 140 Å². The van der Waals surface area contributed by atoms with Crippen molar-refractivity contribution >= 4 is 88.7 Å². The SMILES string of the molecule is Cc1cc2c3c(c1)N(c1ccc(-c4ccc5c(c4)sc4ccccc45)cc1)c1cc(C(C)(C)C)ccc1B3c1cc(C(C)(C)C)ccc1N2c1ccc(C(C)(C)C)cc1. The first-order valence-electron chi connectivity index (χ1n) is 21.2. The van der Waals surface area contributed by atoms with E-state index in [4.69, 9.17) is 0 Å². The van der Waals surface area contributed by atoms with Crippen molar-refractivity contribution < 1.29 is 0 Å². The van der Waals surface area contributed by atoms with Gasteiger partial charge in [0.2, 0.25) is 0 Å². The predicted octanol–water partition coefficient (Wildman–Crippen LogP) is 14.0. The molecule has 292 valence electrons. The lowest BCUT2D eigenvalue weighted by Gasteiger charge is -2.45. The van der Waals surface area contributed by atoms with Gasteiger partial charge in [-0.1, -0.05) is 141 Å². The Morgan fingerprint density at radius 1 is 0.424 bits per heavy atom. The van der Waals surface area contributed by atoms with Gasteiger partial charge in [0.15, 0.2) is 0 Å². The number of fused-ring (bicyclic) bond motifs is 7. The molecule has 0 spiro atoms. The van der Waals surface area contributed by atoms with Gasteiger partial charge in [-0.3, -0.25) is 0 Å². The lowest BCUT2D eigenvalue weighted by atomic mass is 9.33. The van der Waals surface area contributed by atoms with Crippen LogP contribution < -0.4 is 26.2 Å². The molecule has 0 saturated heterocycles. The molecule has 0 radical (unpaired) electrons. The third-order valence-corrected chi connectivity index (χ3v) is 13.9. The number of hydrogen-bond donors (Lipinski definition) is 0. The largest absolute Gasteiger partial charge is 0.311 e. The molecular formula is C55H53BN2S. The minimum atomic E-state index is -0.00622. The zero-order valence-electron chi connectivity index (χ0n) is 36.2. The molecule has 8 aromatic rings. The van der Waals surface area contributed by atoms with Gasteiger partial charge in [0.05, 0.1) is 0 Å². The maximum absolute atomic E-state index is 2.56. The molecule has 4 heteroatoms. The molecule has 0 bridgehead atoms. The fourth-order valence-electron chi connectivity index (χ4n) is 9.44. The second-order valence-corrected chi connectivity index (χ2v) is 21.1. The molecule has 0 N–H and O–H groups in total. The molecule has 0 fully saturated rings. The van der Waals surface area contributed by atoms with Gasteiger partial charge in [-0.05, 0) is 134 Å². The normalized spacial score (nSPS) is 13.8. The maximum atomic E-state index is 2.56. The number of aryl methyl sites for hydroxylation is 1. The Labute approximate surface area is 355 Å². The van der Waals surface area contributed by atoms with E-state index in [0.29, 0.717) is 0 Å². The summed E-state index contributed by atoms with van der Waals surface area (Å²) >= 11 is 1.88. The van der Waals surface area contributed by atoms with Gasteiger partial charge < -0.3 is 9.80 Å². The summed E-state index contributed by atoms with van der Waals surface area (Å²) in [7, 11) is 0. The van der Waals surface area contributed by atoms with E-state index in [-0.39, 0.29) is 23.0 Å². The third-order valence-electron chi connectivity index (χ3n) is 12.8. The molecule has 0 aliphatic carbocycles. The Kier molecular flexibility index (Phi) is 8.44. The molecule has 0 atom stereocenters. The first-order chi connectivity index (χ1) is 28.0. The maximum Gasteiger partial charge on any atom is 0.252 e. The Balaban J connectivity index is 1.19. The molecule has 2 aliphatic heterocycles. The summed E-state index contributed by atoms with van der Waals surface area (Å²) in [4.78, 5) is 5.10. The van der Waals surface area contributed by atoms with Crippen molar-refractivity contribution in [2.45, 2.75) is 85.5 Å². The van der Waals surface area contributed by atoms with Crippen molar-refractivity contribution in [3.63, 3.8) is 0 Å². The van der Waals surface area contributed by atoms with Gasteiger partial charge in [-0.2, -0.15) is 0 Å². The Morgan fingerprint density at radius 2 is 0.966 bits per heavy atom. The molecule has 59 heavy (non-hydrogen) atoms. The van der Waals surface area contributed by atoms with Crippen LogP contribution in [0.5, 0.6) is 0 Å². The number of anilines is 6. The van der Waals surface area contributed by atoms with E-state index in [9.17, 15) is 0 Å². The van der Waals surface area contributed by atoms with Gasteiger partial charge in [-0.15, -0.1) is 11.3 Å². The minimum Gasteiger partial charge on any atom is -0.311 e. The van der Waals surface area contributed by atoms with Gasteiger partial charge in [-0.25, -0.2) is 0 Å². The second-order valence-electron chi connectivity index (χ2n) is 20.0. The van der Waals surface area contributed by atoms with Crippen LogP contribution in [0.4, 0.5) is 34.1 Å². The van der Waals surface area contributed by atoms with Gasteiger partial charge >= 0.3 is 0 Å². The zero-order valence-corrected chi connectivity index (χ0v) is 37.0. The average molecular weight is 785 g/mol. The number of nitrogens with zero attached hydrogens (tertiary/aromatic N) is 2. The lowest BCUT2D eigenvalue weighted by molar-refractivity contribution is 0.590. The first-order valence-corrected chi connectivity index (χ1v) is 22.0. The van der Waals surface area contributed by atoms with Gasteiger partial charge in [0.1, 0.15) is 0 Å². The summed E-state index contributed by atoms with van der Waals surface area (Å²) in [6.07, 6.45) is 0. The smallest absolute Gasteiger partial charge is 0.252 e. The van der Waals surface area contributed by atoms with E-state index < -0.39 is 0 Å². The highest BCUT2D eigenvalue weighted by atomic mass is 32.1. The van der Waals surface area contributed by atoms with Gasteiger partial charge in [0, 0.05) is 54.3 Å². The summed E-state index contributed by atoms with van der Waals surface area (Å²) in [6.45, 7) is 23.2. The van der Waals surface area contributed by atoms with Crippen LogP contribution in [-0.4, -0.2) is 6.71 Å². The Bertz CT molecular complexity index is 2950. The highest BCUT2D eigenvalue weighted by Crippen LogP contribution is 2.46. The average Bonchev–Trinajstić information content (AvgIpc) is 3.57. The highest BCUT2D eigenvalue weighted by Gasteiger charge is 2.44. The van der Waals surface area contributed by atoms with E-state index in [1.54, 1.807) is 0 Å². The van der Waals surface area contributed by atoms with E-state index in [0.717, 1.165) is 0 Å². The second kappa shape index (κ2) is 13.2. The Morgan fingerprint density at radius 3 is 1.63 bits per heavy atom. The molecule has 2 nitrogen and oxygen atoms in total. The number of benzene rings is 7. The van der Waals surface area contributed by atoms with Crippen LogP contribution in [-0.2, 0) is 16.2 Å². The van der Waals surface area contributed by atoms with Crippen molar-refractivity contribution in [3.05, 3.63) is 162 Å². The van der Waals surface area contributed by atoms with Crippen molar-refractivity contribution in [1.82, 2.24) is 0 Å². The van der Waals surface area contributed by atoms with Crippen molar-refractivity contribution in [3.8, 4) is 11.1 Å². The molecule has 0 saturated carbocycles. The van der Waals surface area contributed by atoms with Crippen LogP contribution in [0.25, 0.3) is 31.3 Å². The Hall–Kier alpha value is -5.58. The molecule has 3 heterocycles. The van der Waals surface area contributed by atoms with E-state index in [2.05, 4.69) is 219 Å². The topological polar surface area (TPSA) is 6.48 Å². The number of rotatable bonds is 3. The van der Waals surface area contributed by atoms with Crippen molar-refractivity contribution in [1.29, 1.82) is 0 Å². The molecule has 0 unspecified atom stereocenters. The highest BCUT2D eigenvalue weighted by molar-refractivity contribution is 7.25. The van der Waals surface area contributed by atoms with Crippen LogP contribution in [0.1, 0.15) is 84.6 Å². The fourth-order valence-corrected chi connectivity index (χ4v) is 10.6. The number of thiophene rings is 1. The molecule has 0 amide bonds. The van der Waals surface area contributed by atoms with Crippen molar-refractivity contribution in [2.24, 2.45) is 0 Å². The third kappa shape index (κ3) is 6.22. The van der Waals surface area contributed by atoms with Gasteiger partial charge in [0.25, 0.3) is 6.71 Å². The molecule has 7 aromatic carbocycles. The lowest BCUT2D eigenvalue weighted by Crippen LogP contribution is -2.61. The van der Waals surface area contributed by atoms with E-state index in [1.165, 1.54) is 104 Å². The summed E-state index contributed by atoms with van der Waals surface area (Å²) in [6, 6.07) is 53.7. The fraction of sp³-hybridized carbons (Fsp3) is 0.236. The van der Waals surface area contributed by atoms with E-state index >= 15 is 0 Å². The van der Waals surface area contributed by atoms with Crippen LogP contribution in [0.3, 0.4) is 0 Å². The minimum absolute atomic E-state index is 0.00622. The summed E-state index contributed by atoms with van der Waals surface area (Å²) < 4.78 is 2.67. The quantitative estimate of drug-likeness (QED) is 0.165. The molecule has 10 rings (SSSR count). The van der Waals surface area contributed by atoms with Crippen LogP contribution in [0.2, 0.25) is 0 Å². The molecule has 2 aliphatic rings. The standard InChI is InChI=1S/C55H53BN2S/c1-34-29-48-52-49(30-34)58(40-22-15-35(16-23-40)36-17-26-43-42-13-11-12-14-50(42)59-51(43)31-36)47-33-39(55(8,9)10)20-27-44(47)56(52)45-32-38(54(5,6)7)21-28-46(45)57(48)41-24-18-37(19-25-41)53(2,3)4/h11-33H,1-10H3. The van der Waals surface area contributed by atoms with Crippen molar-refractivity contribution in [2.75, 3.05) is 9.80 Å². The van der Waals surface area contributed by atoms with Crippen LogP contribution >= 0.6 is 11.3 Å². The predicted molar refractivity (Wildman–Crippen MR) is 260 cm³/mol.